The molecule has 0 unspecified atom stereocenters. The number of hydrogen-bond acceptors (Lipinski definition) is 7. The van der Waals surface area contributed by atoms with E-state index >= 15 is 0 Å². The SMILES string of the molecule is Cc1cc(C(N)=O)ccc1N1C(=O)NC(=O)C12CCN(Cc1ccccc1)CC2.NC(=O)c1ccc(N=C2CCN(Cc3ccccc3)CC2)cc1. The molecule has 11 heteroatoms. The van der Waals surface area contributed by atoms with Crippen LogP contribution in [0, 0.1) is 6.92 Å². The summed E-state index contributed by atoms with van der Waals surface area (Å²) in [4.78, 5) is 59.1. The second kappa shape index (κ2) is 16.1. The van der Waals surface area contributed by atoms with E-state index in [1.807, 2.05) is 43.3 Å². The van der Waals surface area contributed by atoms with Crippen LogP contribution < -0.4 is 21.7 Å². The van der Waals surface area contributed by atoms with Crippen molar-refractivity contribution in [2.24, 2.45) is 16.5 Å². The van der Waals surface area contributed by atoms with E-state index in [0.29, 0.717) is 42.7 Å². The average molecular weight is 700 g/mol. The van der Waals surface area contributed by atoms with Gasteiger partial charge in [0.25, 0.3) is 5.91 Å². The fraction of sp³-hybridized carbons (Fsp3) is 0.293. The van der Waals surface area contributed by atoms with Crippen molar-refractivity contribution in [2.75, 3.05) is 31.1 Å². The number of aryl methyl sites for hydroxylation is 1. The summed E-state index contributed by atoms with van der Waals surface area (Å²) in [5.41, 5.74) is 16.7. The van der Waals surface area contributed by atoms with Gasteiger partial charge < -0.3 is 11.5 Å². The molecule has 3 heterocycles. The lowest BCUT2D eigenvalue weighted by atomic mass is 9.85. The molecule has 268 valence electrons. The smallest absolute Gasteiger partial charge is 0.329 e. The third-order valence-corrected chi connectivity index (χ3v) is 10.0. The number of hydrogen-bond donors (Lipinski definition) is 3. The molecule has 0 aromatic heterocycles. The first kappa shape index (κ1) is 36.2. The molecule has 4 aromatic carbocycles. The first-order valence-corrected chi connectivity index (χ1v) is 17.7. The number of rotatable bonds is 8. The second-order valence-electron chi connectivity index (χ2n) is 13.6. The predicted octanol–water partition coefficient (Wildman–Crippen LogP) is 5.34. The predicted molar refractivity (Wildman–Crippen MR) is 202 cm³/mol. The van der Waals surface area contributed by atoms with Crippen LogP contribution in [0.5, 0.6) is 0 Å². The number of carbonyl (C=O) groups excluding carboxylic acids is 4. The number of nitrogens with two attached hydrogens (primary N) is 2. The molecule has 0 atom stereocenters. The highest BCUT2D eigenvalue weighted by atomic mass is 16.2. The summed E-state index contributed by atoms with van der Waals surface area (Å²) in [5, 5.41) is 2.49. The molecule has 5 amide bonds. The van der Waals surface area contributed by atoms with Gasteiger partial charge in [0.05, 0.1) is 5.69 Å². The molecule has 3 saturated heterocycles. The number of aliphatic imine (C=N–C) groups is 1. The zero-order valence-corrected chi connectivity index (χ0v) is 29.5. The summed E-state index contributed by atoms with van der Waals surface area (Å²) in [7, 11) is 0. The number of nitrogens with zero attached hydrogens (tertiary/aromatic N) is 4. The number of piperidine rings is 2. The van der Waals surface area contributed by atoms with Crippen LogP contribution >= 0.6 is 0 Å². The summed E-state index contributed by atoms with van der Waals surface area (Å²) in [6.07, 6.45) is 3.08. The van der Waals surface area contributed by atoms with Gasteiger partial charge in [-0.2, -0.15) is 0 Å². The first-order chi connectivity index (χ1) is 25.1. The number of nitrogens with one attached hydrogen (secondary N) is 1. The Balaban J connectivity index is 0.000000183. The monoisotopic (exact) mass is 699 g/mol. The summed E-state index contributed by atoms with van der Waals surface area (Å²) in [6, 6.07) is 32.5. The van der Waals surface area contributed by atoms with Gasteiger partial charge in [0.1, 0.15) is 5.54 Å². The maximum atomic E-state index is 12.8. The number of imide groups is 1. The topological polar surface area (TPSA) is 154 Å². The Bertz CT molecular complexity index is 1930. The number of amides is 5. The van der Waals surface area contributed by atoms with Crippen molar-refractivity contribution >= 4 is 40.8 Å². The van der Waals surface area contributed by atoms with Crippen molar-refractivity contribution in [3.8, 4) is 0 Å². The second-order valence-corrected chi connectivity index (χ2v) is 13.6. The van der Waals surface area contributed by atoms with Crippen molar-refractivity contribution in [1.82, 2.24) is 15.1 Å². The Morgan fingerprint density at radius 1 is 0.712 bits per heavy atom. The van der Waals surface area contributed by atoms with Crippen LogP contribution in [-0.2, 0) is 17.9 Å². The fourth-order valence-corrected chi connectivity index (χ4v) is 7.14. The van der Waals surface area contributed by atoms with Gasteiger partial charge in [0.15, 0.2) is 0 Å². The largest absolute Gasteiger partial charge is 0.366 e. The van der Waals surface area contributed by atoms with Gasteiger partial charge in [-0.25, -0.2) is 4.79 Å². The number of anilines is 1. The van der Waals surface area contributed by atoms with Crippen molar-refractivity contribution in [3.63, 3.8) is 0 Å². The molecule has 0 bridgehead atoms. The van der Waals surface area contributed by atoms with E-state index in [-0.39, 0.29) is 5.91 Å². The van der Waals surface area contributed by atoms with Crippen LogP contribution in [0.25, 0.3) is 0 Å². The highest BCUT2D eigenvalue weighted by Gasteiger charge is 2.55. The first-order valence-electron chi connectivity index (χ1n) is 17.7. The molecular weight excluding hydrogens is 654 g/mol. The molecule has 11 nitrogen and oxygen atoms in total. The number of carbonyl (C=O) groups is 4. The van der Waals surface area contributed by atoms with Gasteiger partial charge in [0, 0.05) is 61.8 Å². The normalized spacial score (nSPS) is 17.3. The number of primary amides is 2. The van der Waals surface area contributed by atoms with E-state index in [0.717, 1.165) is 50.3 Å². The Morgan fingerprint density at radius 3 is 1.75 bits per heavy atom. The quantitative estimate of drug-likeness (QED) is 0.211. The van der Waals surface area contributed by atoms with Gasteiger partial charge in [-0.05, 0) is 91.8 Å². The van der Waals surface area contributed by atoms with Crippen LogP contribution in [0.4, 0.5) is 16.2 Å². The number of benzene rings is 4. The molecular formula is C41H45N7O4. The van der Waals surface area contributed by atoms with Crippen molar-refractivity contribution in [2.45, 2.75) is 51.2 Å². The molecule has 3 aliphatic heterocycles. The lowest BCUT2D eigenvalue weighted by Crippen LogP contribution is -2.56. The minimum Gasteiger partial charge on any atom is -0.366 e. The summed E-state index contributed by atoms with van der Waals surface area (Å²) < 4.78 is 0. The Morgan fingerprint density at radius 2 is 1.23 bits per heavy atom. The summed E-state index contributed by atoms with van der Waals surface area (Å²) in [6.45, 7) is 7.13. The molecule has 0 radical (unpaired) electrons. The fourth-order valence-electron chi connectivity index (χ4n) is 7.14. The third kappa shape index (κ3) is 8.44. The standard InChI is InChI=1S/C22H24N4O3.C19H21N3O/c1-15-13-17(19(23)27)7-8-18(15)26-21(29)24-20(28)22(26)9-11-25(12-10-22)14-16-5-3-2-4-6-16;20-19(23)16-6-8-17(9-7-16)21-18-10-12-22(13-11-18)14-15-4-2-1-3-5-15/h2-8,13H,9-12,14H2,1H3,(H2,23,27)(H,24,28,29);1-9H,10-14H2,(H2,20,23). The minimum absolute atomic E-state index is 0.250. The van der Waals surface area contributed by atoms with Gasteiger partial charge >= 0.3 is 6.03 Å². The van der Waals surface area contributed by atoms with E-state index in [4.69, 9.17) is 16.5 Å². The average Bonchev–Trinajstić information content (AvgIpc) is 3.38. The highest BCUT2D eigenvalue weighted by molar-refractivity contribution is 6.17. The van der Waals surface area contributed by atoms with Gasteiger partial charge in [-0.15, -0.1) is 0 Å². The van der Waals surface area contributed by atoms with E-state index in [1.165, 1.54) is 16.8 Å². The van der Waals surface area contributed by atoms with Crippen molar-refractivity contribution < 1.29 is 19.2 Å². The minimum atomic E-state index is -0.900. The highest BCUT2D eigenvalue weighted by Crippen LogP contribution is 2.39. The van der Waals surface area contributed by atoms with Crippen LogP contribution in [0.15, 0.2) is 108 Å². The lowest BCUT2D eigenvalue weighted by Gasteiger charge is -2.42. The van der Waals surface area contributed by atoms with Crippen molar-refractivity contribution in [1.29, 1.82) is 0 Å². The maximum absolute atomic E-state index is 12.8. The van der Waals surface area contributed by atoms with Crippen LogP contribution in [0.2, 0.25) is 0 Å². The summed E-state index contributed by atoms with van der Waals surface area (Å²) >= 11 is 0. The zero-order chi connectivity index (χ0) is 36.7. The third-order valence-electron chi connectivity index (χ3n) is 10.0. The van der Waals surface area contributed by atoms with E-state index in [2.05, 4.69) is 51.5 Å². The van der Waals surface area contributed by atoms with Gasteiger partial charge in [-0.1, -0.05) is 60.7 Å². The molecule has 0 aliphatic carbocycles. The molecule has 7 rings (SSSR count). The number of urea groups is 1. The molecule has 5 N–H and O–H groups in total. The van der Waals surface area contributed by atoms with Crippen LogP contribution in [0.3, 0.4) is 0 Å². The zero-order valence-electron chi connectivity index (χ0n) is 29.5. The van der Waals surface area contributed by atoms with Gasteiger partial charge in [-0.3, -0.25) is 39.4 Å². The molecule has 52 heavy (non-hydrogen) atoms. The Labute approximate surface area is 304 Å². The molecule has 3 aliphatic rings. The van der Waals surface area contributed by atoms with Crippen LogP contribution in [0.1, 0.15) is 63.1 Å². The van der Waals surface area contributed by atoms with E-state index in [9.17, 15) is 19.2 Å². The van der Waals surface area contributed by atoms with Crippen molar-refractivity contribution in [3.05, 3.63) is 131 Å². The number of likely N-dealkylation sites (tertiary alicyclic amines) is 2. The Hall–Kier alpha value is -5.65. The molecule has 1 spiro atoms. The Kier molecular flexibility index (Phi) is 11.2. The molecule has 3 fully saturated rings. The van der Waals surface area contributed by atoms with E-state index in [1.54, 1.807) is 35.2 Å². The van der Waals surface area contributed by atoms with E-state index < -0.39 is 23.4 Å². The summed E-state index contributed by atoms with van der Waals surface area (Å²) in [5.74, 6) is -1.18. The van der Waals surface area contributed by atoms with Gasteiger partial charge in [0.2, 0.25) is 11.8 Å². The maximum Gasteiger partial charge on any atom is 0.329 e. The van der Waals surface area contributed by atoms with Crippen LogP contribution in [-0.4, -0.2) is 71.0 Å². The lowest BCUT2D eigenvalue weighted by molar-refractivity contribution is -0.124. The molecule has 4 aromatic rings. The molecule has 0 saturated carbocycles.